The van der Waals surface area contributed by atoms with Crippen molar-refractivity contribution in [3.8, 4) is 0 Å². The number of imidazole rings is 1. The molecule has 0 radical (unpaired) electrons. The predicted octanol–water partition coefficient (Wildman–Crippen LogP) is 2.42. The van der Waals surface area contributed by atoms with Crippen LogP contribution in [0.2, 0.25) is 0 Å². The first-order valence-corrected chi connectivity index (χ1v) is 7.85. The summed E-state index contributed by atoms with van der Waals surface area (Å²) in [6.07, 6.45) is 8.18. The first-order chi connectivity index (χ1) is 10.4. The molecule has 0 aliphatic carbocycles. The van der Waals surface area contributed by atoms with E-state index in [1.165, 1.54) is 31.6 Å². The van der Waals surface area contributed by atoms with Crippen LogP contribution in [-0.2, 0) is 13.1 Å². The molecule has 0 saturated carbocycles. The summed E-state index contributed by atoms with van der Waals surface area (Å²) < 4.78 is 7.81. The van der Waals surface area contributed by atoms with Crippen LogP contribution in [0.4, 0.5) is 0 Å². The van der Waals surface area contributed by atoms with Gasteiger partial charge in [-0.25, -0.2) is 4.98 Å². The fourth-order valence-electron chi connectivity index (χ4n) is 3.06. The van der Waals surface area contributed by atoms with Crippen molar-refractivity contribution in [1.82, 2.24) is 19.8 Å². The fourth-order valence-corrected chi connectivity index (χ4v) is 3.06. The number of furan rings is 1. The molecule has 0 bridgehead atoms. The minimum Gasteiger partial charge on any atom is -0.468 e. The first kappa shape index (κ1) is 14.4. The molecule has 0 amide bonds. The van der Waals surface area contributed by atoms with Crippen molar-refractivity contribution in [2.45, 2.75) is 38.9 Å². The second kappa shape index (κ2) is 6.91. The van der Waals surface area contributed by atoms with Crippen molar-refractivity contribution in [3.63, 3.8) is 0 Å². The summed E-state index contributed by atoms with van der Waals surface area (Å²) in [6.45, 7) is 7.19. The van der Waals surface area contributed by atoms with Gasteiger partial charge in [0.1, 0.15) is 5.76 Å². The molecule has 5 heteroatoms. The topological polar surface area (TPSA) is 46.2 Å². The van der Waals surface area contributed by atoms with Crippen LogP contribution >= 0.6 is 0 Å². The van der Waals surface area contributed by atoms with Gasteiger partial charge < -0.3 is 14.3 Å². The Bertz CT molecular complexity index is 528. The van der Waals surface area contributed by atoms with Gasteiger partial charge in [0.15, 0.2) is 0 Å². The molecular formula is C16H24N4O. The third-order valence-electron chi connectivity index (χ3n) is 4.24. The maximum Gasteiger partial charge on any atom is 0.122 e. The standard InChI is InChI=1S/C16H24N4O/c1-2-19-13-18-11-14(19)10-17-12-15(16-6-5-9-21-16)20-7-3-4-8-20/h5-6,9,11,13,15,17H,2-4,7-8,10,12H2,1H3. The third kappa shape index (κ3) is 3.36. The molecule has 3 rings (SSSR count). The van der Waals surface area contributed by atoms with Gasteiger partial charge >= 0.3 is 0 Å². The van der Waals surface area contributed by atoms with Crippen LogP contribution < -0.4 is 5.32 Å². The van der Waals surface area contributed by atoms with E-state index in [-0.39, 0.29) is 0 Å². The molecule has 1 saturated heterocycles. The van der Waals surface area contributed by atoms with E-state index in [0.717, 1.165) is 25.4 Å². The van der Waals surface area contributed by atoms with Crippen molar-refractivity contribution < 1.29 is 4.42 Å². The smallest absolute Gasteiger partial charge is 0.122 e. The Morgan fingerprint density at radius 2 is 2.24 bits per heavy atom. The summed E-state index contributed by atoms with van der Waals surface area (Å²) in [7, 11) is 0. The van der Waals surface area contributed by atoms with Crippen molar-refractivity contribution >= 4 is 0 Å². The molecule has 0 spiro atoms. The number of hydrogen-bond acceptors (Lipinski definition) is 4. The lowest BCUT2D eigenvalue weighted by Gasteiger charge is -2.26. The number of hydrogen-bond donors (Lipinski definition) is 1. The highest BCUT2D eigenvalue weighted by atomic mass is 16.3. The number of likely N-dealkylation sites (tertiary alicyclic amines) is 1. The summed E-state index contributed by atoms with van der Waals surface area (Å²) in [4.78, 5) is 6.73. The maximum absolute atomic E-state index is 5.64. The Balaban J connectivity index is 1.60. The number of rotatable bonds is 7. The van der Waals surface area contributed by atoms with Crippen molar-refractivity contribution in [1.29, 1.82) is 0 Å². The molecule has 2 aromatic rings. The average Bonchev–Trinajstić information content (AvgIpc) is 3.24. The van der Waals surface area contributed by atoms with E-state index in [9.17, 15) is 0 Å². The molecule has 1 atom stereocenters. The highest BCUT2D eigenvalue weighted by molar-refractivity contribution is 5.06. The van der Waals surface area contributed by atoms with Gasteiger partial charge in [-0.3, -0.25) is 4.90 Å². The minimum atomic E-state index is 0.334. The summed E-state index contributed by atoms with van der Waals surface area (Å²) in [5.74, 6) is 1.06. The lowest BCUT2D eigenvalue weighted by atomic mass is 10.2. The Morgan fingerprint density at radius 3 is 2.95 bits per heavy atom. The Labute approximate surface area is 126 Å². The lowest BCUT2D eigenvalue weighted by Crippen LogP contribution is -2.34. The fraction of sp³-hybridized carbons (Fsp3) is 0.562. The normalized spacial score (nSPS) is 17.4. The Morgan fingerprint density at radius 1 is 1.38 bits per heavy atom. The molecule has 1 unspecified atom stereocenters. The molecule has 0 aromatic carbocycles. The van der Waals surface area contributed by atoms with Crippen LogP contribution in [0.15, 0.2) is 35.3 Å². The van der Waals surface area contributed by atoms with E-state index in [1.54, 1.807) is 6.26 Å². The van der Waals surface area contributed by atoms with Crippen LogP contribution in [0.25, 0.3) is 0 Å². The molecule has 1 fully saturated rings. The Kier molecular flexibility index (Phi) is 4.72. The zero-order valence-corrected chi connectivity index (χ0v) is 12.7. The minimum absolute atomic E-state index is 0.334. The van der Waals surface area contributed by atoms with Crippen LogP contribution in [0, 0.1) is 0 Å². The van der Waals surface area contributed by atoms with Crippen molar-refractivity contribution in [2.24, 2.45) is 0 Å². The largest absolute Gasteiger partial charge is 0.468 e. The number of aromatic nitrogens is 2. The lowest BCUT2D eigenvalue weighted by molar-refractivity contribution is 0.209. The highest BCUT2D eigenvalue weighted by Crippen LogP contribution is 2.24. The van der Waals surface area contributed by atoms with E-state index in [0.29, 0.717) is 6.04 Å². The molecule has 5 nitrogen and oxygen atoms in total. The van der Waals surface area contributed by atoms with Crippen LogP contribution in [0.5, 0.6) is 0 Å². The second-order valence-corrected chi connectivity index (χ2v) is 5.58. The van der Waals surface area contributed by atoms with Crippen molar-refractivity contribution in [2.75, 3.05) is 19.6 Å². The molecule has 1 N–H and O–H groups in total. The monoisotopic (exact) mass is 288 g/mol. The SMILES string of the molecule is CCn1cncc1CNCC(c1ccco1)N1CCCC1. The van der Waals surface area contributed by atoms with Gasteiger partial charge in [0.05, 0.1) is 24.3 Å². The van der Waals surface area contributed by atoms with Gasteiger partial charge in [-0.1, -0.05) is 0 Å². The average molecular weight is 288 g/mol. The predicted molar refractivity (Wildman–Crippen MR) is 81.9 cm³/mol. The maximum atomic E-state index is 5.64. The van der Waals surface area contributed by atoms with E-state index in [1.807, 2.05) is 18.6 Å². The molecular weight excluding hydrogens is 264 g/mol. The number of nitrogens with one attached hydrogen (secondary N) is 1. The zero-order valence-electron chi connectivity index (χ0n) is 12.7. The second-order valence-electron chi connectivity index (χ2n) is 5.58. The third-order valence-corrected chi connectivity index (χ3v) is 4.24. The van der Waals surface area contributed by atoms with Gasteiger partial charge in [0.25, 0.3) is 0 Å². The van der Waals surface area contributed by atoms with Gasteiger partial charge in [-0.15, -0.1) is 0 Å². The van der Waals surface area contributed by atoms with Crippen molar-refractivity contribution in [3.05, 3.63) is 42.4 Å². The van der Waals surface area contributed by atoms with Crippen LogP contribution in [0.1, 0.15) is 37.3 Å². The van der Waals surface area contributed by atoms with Crippen LogP contribution in [0.3, 0.4) is 0 Å². The molecule has 21 heavy (non-hydrogen) atoms. The van der Waals surface area contributed by atoms with E-state index >= 15 is 0 Å². The summed E-state index contributed by atoms with van der Waals surface area (Å²) >= 11 is 0. The number of nitrogens with zero attached hydrogens (tertiary/aromatic N) is 3. The molecule has 1 aliphatic heterocycles. The van der Waals surface area contributed by atoms with E-state index in [4.69, 9.17) is 4.42 Å². The van der Waals surface area contributed by atoms with E-state index in [2.05, 4.69) is 32.8 Å². The summed E-state index contributed by atoms with van der Waals surface area (Å²) in [5.41, 5.74) is 1.23. The molecule has 3 heterocycles. The summed E-state index contributed by atoms with van der Waals surface area (Å²) in [5, 5.41) is 3.57. The zero-order chi connectivity index (χ0) is 14.5. The quantitative estimate of drug-likeness (QED) is 0.850. The number of aryl methyl sites for hydroxylation is 1. The molecule has 1 aliphatic rings. The summed E-state index contributed by atoms with van der Waals surface area (Å²) in [6, 6.07) is 4.39. The highest BCUT2D eigenvalue weighted by Gasteiger charge is 2.25. The molecule has 2 aromatic heterocycles. The van der Waals surface area contributed by atoms with Gasteiger partial charge in [-0.05, 0) is 45.0 Å². The molecule has 114 valence electrons. The van der Waals surface area contributed by atoms with Gasteiger partial charge in [-0.2, -0.15) is 0 Å². The van der Waals surface area contributed by atoms with Gasteiger partial charge in [0, 0.05) is 25.8 Å². The Hall–Kier alpha value is -1.59. The van der Waals surface area contributed by atoms with Gasteiger partial charge in [0.2, 0.25) is 0 Å². The van der Waals surface area contributed by atoms with Crippen LogP contribution in [-0.4, -0.2) is 34.1 Å². The van der Waals surface area contributed by atoms with E-state index < -0.39 is 0 Å². The first-order valence-electron chi connectivity index (χ1n) is 7.85.